The molecule has 0 fully saturated rings. The van der Waals surface area contributed by atoms with Crippen molar-refractivity contribution in [2.45, 2.75) is 32.9 Å². The Bertz CT molecular complexity index is 694. The maximum atomic E-state index is 12.1. The summed E-state index contributed by atoms with van der Waals surface area (Å²) in [5, 5.41) is 16.2. The molecule has 0 aliphatic heterocycles. The second-order valence-corrected chi connectivity index (χ2v) is 5.73. The molecule has 0 spiro atoms. The Kier molecular flexibility index (Phi) is 5.44. The molecule has 0 aliphatic carbocycles. The Morgan fingerprint density at radius 3 is 2.78 bits per heavy atom. The van der Waals surface area contributed by atoms with Crippen LogP contribution in [0.5, 0.6) is 0 Å². The molecule has 0 unspecified atom stereocenters. The van der Waals surface area contributed by atoms with Crippen molar-refractivity contribution in [1.29, 1.82) is 0 Å². The average molecular weight is 340 g/mol. The van der Waals surface area contributed by atoms with E-state index in [1.165, 1.54) is 12.3 Å². The minimum atomic E-state index is -1.06. The summed E-state index contributed by atoms with van der Waals surface area (Å²) in [5.74, 6) is -1.22. The molecule has 2 atom stereocenters. The van der Waals surface area contributed by atoms with Gasteiger partial charge in [0.15, 0.2) is 5.76 Å². The molecular weight excluding hydrogens is 322 g/mol. The molecule has 7 nitrogen and oxygen atoms in total. The second-order valence-electron chi connectivity index (χ2n) is 5.30. The minimum absolute atomic E-state index is 0.0628. The van der Waals surface area contributed by atoms with Gasteiger partial charge in [0, 0.05) is 6.20 Å². The molecule has 1 amide bonds. The lowest BCUT2D eigenvalue weighted by atomic mass is 9.99. The van der Waals surface area contributed by atoms with E-state index >= 15 is 0 Å². The molecule has 2 aromatic rings. The average Bonchev–Trinajstić information content (AvgIpc) is 3.13. The smallest absolute Gasteiger partial charge is 0.326 e. The fourth-order valence-electron chi connectivity index (χ4n) is 2.06. The first-order valence-electron chi connectivity index (χ1n) is 7.21. The van der Waals surface area contributed by atoms with Gasteiger partial charge in [-0.3, -0.25) is 9.48 Å². The monoisotopic (exact) mass is 339 g/mol. The number of halogens is 1. The summed E-state index contributed by atoms with van der Waals surface area (Å²) in [4.78, 5) is 23.4. The first-order chi connectivity index (χ1) is 10.9. The van der Waals surface area contributed by atoms with Crippen LogP contribution < -0.4 is 5.32 Å². The van der Waals surface area contributed by atoms with Crippen LogP contribution in [0.1, 0.15) is 36.6 Å². The van der Waals surface area contributed by atoms with Crippen molar-refractivity contribution in [2.75, 3.05) is 0 Å². The highest BCUT2D eigenvalue weighted by molar-refractivity contribution is 6.30. The predicted octanol–water partition coefficient (Wildman–Crippen LogP) is 2.41. The summed E-state index contributed by atoms with van der Waals surface area (Å²) >= 11 is 5.78. The van der Waals surface area contributed by atoms with Gasteiger partial charge in [-0.15, -0.1) is 0 Å². The molecule has 0 saturated carbocycles. The van der Waals surface area contributed by atoms with E-state index in [0.29, 0.717) is 23.7 Å². The molecule has 0 aliphatic rings. The summed E-state index contributed by atoms with van der Waals surface area (Å²) in [6.07, 6.45) is 3.77. The summed E-state index contributed by atoms with van der Waals surface area (Å²) < 4.78 is 7.02. The minimum Gasteiger partial charge on any atom is -0.480 e. The van der Waals surface area contributed by atoms with Crippen molar-refractivity contribution in [3.8, 4) is 0 Å². The zero-order chi connectivity index (χ0) is 17.0. The molecule has 2 rings (SSSR count). The summed E-state index contributed by atoms with van der Waals surface area (Å²) in [6.45, 7) is 3.97. The number of nitrogens with one attached hydrogen (secondary N) is 1. The van der Waals surface area contributed by atoms with E-state index in [0.717, 1.165) is 0 Å². The molecule has 8 heteroatoms. The van der Waals surface area contributed by atoms with E-state index in [2.05, 4.69) is 10.4 Å². The van der Waals surface area contributed by atoms with Crippen LogP contribution >= 0.6 is 11.6 Å². The Hall–Kier alpha value is -2.28. The van der Waals surface area contributed by atoms with Gasteiger partial charge in [0.2, 0.25) is 0 Å². The van der Waals surface area contributed by atoms with Crippen LogP contribution in [0, 0.1) is 5.92 Å². The van der Waals surface area contributed by atoms with Gasteiger partial charge in [0.1, 0.15) is 11.8 Å². The van der Waals surface area contributed by atoms with Crippen LogP contribution in [-0.2, 0) is 11.3 Å². The normalized spacial score (nSPS) is 13.5. The number of rotatable bonds is 7. The Morgan fingerprint density at radius 1 is 1.48 bits per heavy atom. The van der Waals surface area contributed by atoms with E-state index in [1.54, 1.807) is 23.9 Å². The van der Waals surface area contributed by atoms with Crippen molar-refractivity contribution < 1.29 is 19.1 Å². The lowest BCUT2D eigenvalue weighted by Gasteiger charge is -2.19. The molecule has 23 heavy (non-hydrogen) atoms. The number of aromatic nitrogens is 2. The number of furan rings is 1. The molecule has 0 saturated heterocycles. The third-order valence-corrected chi connectivity index (χ3v) is 3.77. The van der Waals surface area contributed by atoms with Gasteiger partial charge in [-0.05, 0) is 18.1 Å². The van der Waals surface area contributed by atoms with Gasteiger partial charge in [-0.25, -0.2) is 4.79 Å². The molecule has 0 bridgehead atoms. The topological polar surface area (TPSA) is 97.4 Å². The zero-order valence-electron chi connectivity index (χ0n) is 12.8. The Labute approximate surface area is 138 Å². The number of amides is 1. The molecule has 0 radical (unpaired) electrons. The quantitative estimate of drug-likeness (QED) is 0.807. The molecular formula is C15H18ClN3O4. The number of carbonyl (C=O) groups is 2. The van der Waals surface area contributed by atoms with Crippen LogP contribution in [0.2, 0.25) is 5.02 Å². The predicted molar refractivity (Wildman–Crippen MR) is 83.4 cm³/mol. The number of aliphatic carboxylic acids is 1. The van der Waals surface area contributed by atoms with Crippen molar-refractivity contribution in [3.05, 3.63) is 41.1 Å². The maximum Gasteiger partial charge on any atom is 0.326 e. The largest absolute Gasteiger partial charge is 0.480 e. The first kappa shape index (κ1) is 17.1. The highest BCUT2D eigenvalue weighted by Gasteiger charge is 2.26. The van der Waals surface area contributed by atoms with Gasteiger partial charge < -0.3 is 14.8 Å². The third kappa shape index (κ3) is 4.35. The highest BCUT2D eigenvalue weighted by Crippen LogP contribution is 2.13. The maximum absolute atomic E-state index is 12.1. The van der Waals surface area contributed by atoms with E-state index < -0.39 is 17.9 Å². The highest BCUT2D eigenvalue weighted by atomic mass is 35.5. The van der Waals surface area contributed by atoms with E-state index in [4.69, 9.17) is 16.0 Å². The van der Waals surface area contributed by atoms with Crippen molar-refractivity contribution in [1.82, 2.24) is 15.1 Å². The fraction of sp³-hybridized carbons (Fsp3) is 0.400. The molecule has 2 heterocycles. The number of carbonyl (C=O) groups excluding carboxylic acids is 1. The lowest BCUT2D eigenvalue weighted by Crippen LogP contribution is -2.44. The Morgan fingerprint density at radius 2 is 2.22 bits per heavy atom. The zero-order valence-corrected chi connectivity index (χ0v) is 13.6. The van der Waals surface area contributed by atoms with Crippen molar-refractivity contribution >= 4 is 23.5 Å². The fourth-order valence-corrected chi connectivity index (χ4v) is 2.22. The van der Waals surface area contributed by atoms with Crippen LogP contribution in [0.25, 0.3) is 0 Å². The van der Waals surface area contributed by atoms with Gasteiger partial charge in [0.05, 0.1) is 17.8 Å². The lowest BCUT2D eigenvalue weighted by molar-refractivity contribution is -0.140. The number of carboxylic acids is 1. The number of hydrogen-bond acceptors (Lipinski definition) is 4. The summed E-state index contributed by atoms with van der Waals surface area (Å²) in [7, 11) is 0. The third-order valence-electron chi connectivity index (χ3n) is 3.57. The van der Waals surface area contributed by atoms with Gasteiger partial charge in [-0.2, -0.15) is 5.10 Å². The standard InChI is InChI=1S/C15H18ClN3O4/c1-3-9(2)13(15(21)22)18-14(20)12-5-4-11(23-12)8-19-7-10(16)6-17-19/h4-7,9,13H,3,8H2,1-2H3,(H,18,20)(H,21,22)/t9-,13-/m0/s1. The van der Waals surface area contributed by atoms with Crippen molar-refractivity contribution in [3.63, 3.8) is 0 Å². The molecule has 0 aromatic carbocycles. The molecule has 2 aromatic heterocycles. The first-order valence-corrected chi connectivity index (χ1v) is 7.58. The van der Waals surface area contributed by atoms with Crippen molar-refractivity contribution in [2.24, 2.45) is 5.92 Å². The van der Waals surface area contributed by atoms with E-state index in [9.17, 15) is 14.7 Å². The number of hydrogen-bond donors (Lipinski definition) is 2. The van der Waals surface area contributed by atoms with Gasteiger partial charge in [-0.1, -0.05) is 31.9 Å². The van der Waals surface area contributed by atoms with Gasteiger partial charge >= 0.3 is 5.97 Å². The van der Waals surface area contributed by atoms with E-state index in [-0.39, 0.29) is 11.7 Å². The van der Waals surface area contributed by atoms with Crippen LogP contribution in [0.4, 0.5) is 0 Å². The molecule has 2 N–H and O–H groups in total. The van der Waals surface area contributed by atoms with Crippen LogP contribution in [0.15, 0.2) is 28.9 Å². The van der Waals surface area contributed by atoms with Crippen LogP contribution in [-0.4, -0.2) is 32.8 Å². The summed E-state index contributed by atoms with van der Waals surface area (Å²) in [6, 6.07) is 2.19. The number of nitrogens with zero attached hydrogens (tertiary/aromatic N) is 2. The Balaban J connectivity index is 2.04. The van der Waals surface area contributed by atoms with Crippen LogP contribution in [0.3, 0.4) is 0 Å². The number of carboxylic acid groups (broad SMARTS) is 1. The summed E-state index contributed by atoms with van der Waals surface area (Å²) in [5.41, 5.74) is 0. The van der Waals surface area contributed by atoms with E-state index in [1.807, 2.05) is 6.92 Å². The van der Waals surface area contributed by atoms with Gasteiger partial charge in [0.25, 0.3) is 5.91 Å². The SMILES string of the molecule is CC[C@H](C)[C@H](NC(=O)c1ccc(Cn2cc(Cl)cn2)o1)C(=O)O. The molecule has 124 valence electrons. The second kappa shape index (κ2) is 7.32.